The summed E-state index contributed by atoms with van der Waals surface area (Å²) in [5, 5.41) is 22.0. The number of aliphatic hydroxyl groups is 2. The van der Waals surface area contributed by atoms with Crippen LogP contribution in [-0.2, 0) is 10.5 Å². The van der Waals surface area contributed by atoms with Crippen molar-refractivity contribution < 1.29 is 14.9 Å². The molecule has 1 aromatic carbocycles. The van der Waals surface area contributed by atoms with E-state index in [4.69, 9.17) is 4.74 Å². The Morgan fingerprint density at radius 3 is 2.90 bits per heavy atom. The molecule has 0 radical (unpaired) electrons. The molecule has 2 aromatic rings. The minimum absolute atomic E-state index is 0.227. The SMILES string of the molecule is CCOC(O)(O)/C=C1/c2ccccc2SCc2ccsc21. The second-order valence-electron chi connectivity index (χ2n) is 4.71. The van der Waals surface area contributed by atoms with Crippen LogP contribution >= 0.6 is 23.1 Å². The summed E-state index contributed by atoms with van der Waals surface area (Å²) in [4.78, 5) is 2.21. The maximum atomic E-state index is 10.0. The zero-order valence-electron chi connectivity index (χ0n) is 11.6. The van der Waals surface area contributed by atoms with E-state index in [1.807, 2.05) is 23.6 Å². The van der Waals surface area contributed by atoms with Crippen molar-refractivity contribution in [3.05, 3.63) is 57.8 Å². The minimum Gasteiger partial charge on any atom is -0.340 e. The zero-order chi connectivity index (χ0) is 14.9. The normalized spacial score (nSPS) is 16.4. The van der Waals surface area contributed by atoms with E-state index in [1.54, 1.807) is 30.0 Å². The van der Waals surface area contributed by atoms with Crippen molar-refractivity contribution in [2.75, 3.05) is 6.61 Å². The summed E-state index contributed by atoms with van der Waals surface area (Å²) in [6.45, 7) is 1.96. The zero-order valence-corrected chi connectivity index (χ0v) is 13.2. The summed E-state index contributed by atoms with van der Waals surface area (Å²) in [7, 11) is 0. The summed E-state index contributed by atoms with van der Waals surface area (Å²) in [5.41, 5.74) is 3.04. The summed E-state index contributed by atoms with van der Waals surface area (Å²) >= 11 is 3.37. The van der Waals surface area contributed by atoms with Crippen LogP contribution in [0, 0.1) is 0 Å². The molecule has 2 N–H and O–H groups in total. The van der Waals surface area contributed by atoms with Crippen molar-refractivity contribution in [3.8, 4) is 0 Å². The Bertz CT molecular complexity index is 674. The van der Waals surface area contributed by atoms with Gasteiger partial charge < -0.3 is 14.9 Å². The lowest BCUT2D eigenvalue weighted by Crippen LogP contribution is -2.29. The summed E-state index contributed by atoms with van der Waals surface area (Å²) in [5.74, 6) is -1.38. The van der Waals surface area contributed by atoms with Gasteiger partial charge in [-0.1, -0.05) is 18.2 Å². The van der Waals surface area contributed by atoms with E-state index >= 15 is 0 Å². The first-order valence-corrected chi connectivity index (χ1v) is 8.58. The average molecular weight is 320 g/mol. The smallest absolute Gasteiger partial charge is 0.300 e. The summed E-state index contributed by atoms with van der Waals surface area (Å²) in [6.07, 6.45) is 1.40. The number of hydrogen-bond donors (Lipinski definition) is 2. The number of thiophene rings is 1. The lowest BCUT2D eigenvalue weighted by molar-refractivity contribution is -0.300. The van der Waals surface area contributed by atoms with Crippen molar-refractivity contribution in [1.29, 1.82) is 0 Å². The Morgan fingerprint density at radius 2 is 2.10 bits per heavy atom. The Hall–Kier alpha value is -1.11. The average Bonchev–Trinajstić information content (AvgIpc) is 2.86. The van der Waals surface area contributed by atoms with Gasteiger partial charge in [-0.05, 0) is 35.6 Å². The lowest BCUT2D eigenvalue weighted by atomic mass is 10.0. The van der Waals surface area contributed by atoms with Gasteiger partial charge in [0.25, 0.3) is 0 Å². The molecule has 0 fully saturated rings. The predicted molar refractivity (Wildman–Crippen MR) is 86.2 cm³/mol. The standard InChI is InChI=1S/C16H16O3S2/c1-2-19-16(17,18)9-13-12-5-3-4-6-14(12)21-10-11-7-8-20-15(11)13/h3-9,17-18H,2,10H2,1H3/b13-9-. The number of ether oxygens (including phenoxy) is 1. The van der Waals surface area contributed by atoms with Crippen molar-refractivity contribution in [3.63, 3.8) is 0 Å². The fourth-order valence-electron chi connectivity index (χ4n) is 2.36. The third kappa shape index (κ3) is 3.07. The molecule has 21 heavy (non-hydrogen) atoms. The molecule has 3 rings (SSSR count). The molecule has 0 bridgehead atoms. The van der Waals surface area contributed by atoms with Crippen LogP contribution in [0.25, 0.3) is 5.57 Å². The van der Waals surface area contributed by atoms with Crippen LogP contribution in [0.4, 0.5) is 0 Å². The number of benzene rings is 1. The van der Waals surface area contributed by atoms with Gasteiger partial charge in [0.1, 0.15) is 0 Å². The third-order valence-corrected chi connectivity index (χ3v) is 5.35. The summed E-state index contributed by atoms with van der Waals surface area (Å²) < 4.78 is 5.01. The van der Waals surface area contributed by atoms with Crippen LogP contribution in [0.2, 0.25) is 0 Å². The van der Waals surface area contributed by atoms with Crippen LogP contribution in [-0.4, -0.2) is 22.8 Å². The molecule has 1 aliphatic rings. The number of rotatable bonds is 3. The first-order chi connectivity index (χ1) is 10.1. The first kappa shape index (κ1) is 14.8. The maximum Gasteiger partial charge on any atom is 0.300 e. The van der Waals surface area contributed by atoms with Gasteiger partial charge in [0.15, 0.2) is 0 Å². The number of fused-ring (bicyclic) bond motifs is 2. The molecule has 2 heterocycles. The van der Waals surface area contributed by atoms with Crippen LogP contribution < -0.4 is 0 Å². The third-order valence-electron chi connectivity index (χ3n) is 3.24. The maximum absolute atomic E-state index is 10.0. The van der Waals surface area contributed by atoms with Gasteiger partial charge in [-0.3, -0.25) is 0 Å². The van der Waals surface area contributed by atoms with E-state index in [0.29, 0.717) is 0 Å². The Labute approximate surface area is 131 Å². The quantitative estimate of drug-likeness (QED) is 0.850. The lowest BCUT2D eigenvalue weighted by Gasteiger charge is -2.19. The fourth-order valence-corrected chi connectivity index (χ4v) is 4.47. The van der Waals surface area contributed by atoms with E-state index in [0.717, 1.165) is 26.7 Å². The molecule has 0 amide bonds. The van der Waals surface area contributed by atoms with Gasteiger partial charge in [-0.25, -0.2) is 0 Å². The molecule has 0 spiro atoms. The van der Waals surface area contributed by atoms with Crippen molar-refractivity contribution in [2.45, 2.75) is 23.5 Å². The number of thioether (sulfide) groups is 1. The Morgan fingerprint density at radius 1 is 1.29 bits per heavy atom. The minimum atomic E-state index is -2.26. The first-order valence-electron chi connectivity index (χ1n) is 6.71. The monoisotopic (exact) mass is 320 g/mol. The molecule has 1 aromatic heterocycles. The van der Waals surface area contributed by atoms with E-state index in [1.165, 1.54) is 11.6 Å². The topological polar surface area (TPSA) is 49.7 Å². The van der Waals surface area contributed by atoms with Crippen molar-refractivity contribution >= 4 is 28.7 Å². The van der Waals surface area contributed by atoms with Crippen LogP contribution in [0.15, 0.2) is 46.7 Å². The molecule has 0 saturated carbocycles. The molecule has 110 valence electrons. The molecule has 0 unspecified atom stereocenters. The van der Waals surface area contributed by atoms with Crippen molar-refractivity contribution in [2.24, 2.45) is 0 Å². The predicted octanol–water partition coefficient (Wildman–Crippen LogP) is 3.46. The number of hydrogen-bond acceptors (Lipinski definition) is 5. The van der Waals surface area contributed by atoms with E-state index in [-0.39, 0.29) is 6.61 Å². The Balaban J connectivity index is 2.17. The highest BCUT2D eigenvalue weighted by Crippen LogP contribution is 2.42. The summed E-state index contributed by atoms with van der Waals surface area (Å²) in [6, 6.07) is 10.1. The molecular formula is C16H16O3S2. The van der Waals surface area contributed by atoms with Gasteiger partial charge in [-0.15, -0.1) is 23.1 Å². The highest BCUT2D eigenvalue weighted by atomic mass is 32.2. The second kappa shape index (κ2) is 5.94. The van der Waals surface area contributed by atoms with Gasteiger partial charge in [-0.2, -0.15) is 0 Å². The molecule has 0 atom stereocenters. The molecule has 1 aliphatic heterocycles. The fraction of sp³-hybridized carbons (Fsp3) is 0.250. The highest BCUT2D eigenvalue weighted by Gasteiger charge is 2.26. The molecular weight excluding hydrogens is 304 g/mol. The van der Waals surface area contributed by atoms with Gasteiger partial charge in [0, 0.05) is 33.8 Å². The molecule has 5 heteroatoms. The largest absolute Gasteiger partial charge is 0.340 e. The van der Waals surface area contributed by atoms with E-state index in [2.05, 4.69) is 12.1 Å². The second-order valence-corrected chi connectivity index (χ2v) is 6.64. The van der Waals surface area contributed by atoms with Crippen LogP contribution in [0.3, 0.4) is 0 Å². The van der Waals surface area contributed by atoms with Gasteiger partial charge in [0.2, 0.25) is 0 Å². The van der Waals surface area contributed by atoms with E-state index < -0.39 is 5.97 Å². The van der Waals surface area contributed by atoms with E-state index in [9.17, 15) is 10.2 Å². The molecule has 3 nitrogen and oxygen atoms in total. The van der Waals surface area contributed by atoms with Crippen molar-refractivity contribution in [1.82, 2.24) is 0 Å². The van der Waals surface area contributed by atoms with Crippen LogP contribution in [0.5, 0.6) is 0 Å². The molecule has 0 aliphatic carbocycles. The van der Waals surface area contributed by atoms with Gasteiger partial charge in [0.05, 0.1) is 0 Å². The van der Waals surface area contributed by atoms with Crippen LogP contribution in [0.1, 0.15) is 22.9 Å². The Kier molecular flexibility index (Phi) is 4.19. The van der Waals surface area contributed by atoms with Gasteiger partial charge >= 0.3 is 5.97 Å². The highest BCUT2D eigenvalue weighted by molar-refractivity contribution is 7.98. The molecule has 0 saturated heterocycles.